The lowest BCUT2D eigenvalue weighted by atomic mass is 9.88. The van der Waals surface area contributed by atoms with Crippen LogP contribution in [0.15, 0.2) is 60.6 Å². The Kier molecular flexibility index (Phi) is 5.75. The summed E-state index contributed by atoms with van der Waals surface area (Å²) in [5.74, 6) is 0.994. The predicted octanol–water partition coefficient (Wildman–Crippen LogP) is 7.24. The van der Waals surface area contributed by atoms with Crippen molar-refractivity contribution in [2.75, 3.05) is 0 Å². The molecule has 0 saturated heterocycles. The molecule has 3 aromatic rings. The van der Waals surface area contributed by atoms with Crippen molar-refractivity contribution < 1.29 is 4.79 Å². The highest BCUT2D eigenvalue weighted by molar-refractivity contribution is 6.04. The molecule has 1 fully saturated rings. The Hall–Kier alpha value is -3.27. The second kappa shape index (κ2) is 9.07. The van der Waals surface area contributed by atoms with Gasteiger partial charge in [-0.3, -0.25) is 9.78 Å². The Morgan fingerprint density at radius 2 is 1.83 bits per heavy atom. The SMILES string of the molecule is CC1=CC(C)CC=C1c1cnc2c(c1)C(c1ccn3ncc(C(=O)C4CCCCCC4)c3c1)=CC2. The Morgan fingerprint density at radius 1 is 1.00 bits per heavy atom. The third-order valence-electron chi connectivity index (χ3n) is 8.05. The molecular weight excluding hydrogens is 430 g/mol. The van der Waals surface area contributed by atoms with Crippen LogP contribution >= 0.6 is 0 Å². The molecule has 35 heavy (non-hydrogen) atoms. The van der Waals surface area contributed by atoms with Gasteiger partial charge in [0.25, 0.3) is 0 Å². The third-order valence-corrected chi connectivity index (χ3v) is 8.05. The lowest BCUT2D eigenvalue weighted by Crippen LogP contribution is -2.13. The van der Waals surface area contributed by atoms with E-state index < -0.39 is 0 Å². The van der Waals surface area contributed by atoms with E-state index in [1.54, 1.807) is 6.20 Å². The van der Waals surface area contributed by atoms with Gasteiger partial charge < -0.3 is 0 Å². The lowest BCUT2D eigenvalue weighted by molar-refractivity contribution is 0.0909. The minimum atomic E-state index is 0.134. The molecule has 1 unspecified atom stereocenters. The molecule has 0 N–H and O–H groups in total. The second-order valence-corrected chi connectivity index (χ2v) is 10.6. The Bertz CT molecular complexity index is 1400. The normalized spacial score (nSPS) is 20.7. The van der Waals surface area contributed by atoms with Crippen LogP contribution in [-0.4, -0.2) is 20.4 Å². The molecule has 0 amide bonds. The highest BCUT2D eigenvalue weighted by atomic mass is 16.1. The van der Waals surface area contributed by atoms with Crippen LogP contribution in [-0.2, 0) is 6.42 Å². The van der Waals surface area contributed by atoms with Gasteiger partial charge >= 0.3 is 0 Å². The maximum Gasteiger partial charge on any atom is 0.169 e. The van der Waals surface area contributed by atoms with Crippen molar-refractivity contribution >= 4 is 22.4 Å². The van der Waals surface area contributed by atoms with Crippen LogP contribution in [0, 0.1) is 11.8 Å². The van der Waals surface area contributed by atoms with Crippen LogP contribution in [0.4, 0.5) is 0 Å². The zero-order chi connectivity index (χ0) is 23.9. The van der Waals surface area contributed by atoms with E-state index in [1.165, 1.54) is 40.7 Å². The Balaban J connectivity index is 1.35. The number of allylic oxidation sites excluding steroid dienone is 5. The van der Waals surface area contributed by atoms with E-state index in [1.807, 2.05) is 16.9 Å². The summed E-state index contributed by atoms with van der Waals surface area (Å²) >= 11 is 0. The average molecular weight is 464 g/mol. The number of Topliss-reactive ketones (excluding diaryl/α,β-unsaturated/α-hetero) is 1. The van der Waals surface area contributed by atoms with Crippen molar-refractivity contribution in [3.8, 4) is 0 Å². The molecule has 4 nitrogen and oxygen atoms in total. The van der Waals surface area contributed by atoms with E-state index in [0.29, 0.717) is 5.92 Å². The molecule has 4 heteroatoms. The fourth-order valence-corrected chi connectivity index (χ4v) is 6.11. The quantitative estimate of drug-likeness (QED) is 0.303. The molecule has 3 aliphatic carbocycles. The van der Waals surface area contributed by atoms with E-state index in [4.69, 9.17) is 4.98 Å². The molecule has 3 aliphatic rings. The van der Waals surface area contributed by atoms with Crippen molar-refractivity contribution in [1.82, 2.24) is 14.6 Å². The van der Waals surface area contributed by atoms with Crippen molar-refractivity contribution in [3.05, 3.63) is 88.5 Å². The van der Waals surface area contributed by atoms with Gasteiger partial charge in [-0.15, -0.1) is 0 Å². The number of ketones is 1. The summed E-state index contributed by atoms with van der Waals surface area (Å²) < 4.78 is 1.85. The van der Waals surface area contributed by atoms with Gasteiger partial charge in [-0.2, -0.15) is 5.10 Å². The van der Waals surface area contributed by atoms with Crippen LogP contribution < -0.4 is 0 Å². The minimum Gasteiger partial charge on any atom is -0.294 e. The molecule has 6 rings (SSSR count). The van der Waals surface area contributed by atoms with Crippen LogP contribution in [0.2, 0.25) is 0 Å². The highest BCUT2D eigenvalue weighted by Gasteiger charge is 2.25. The van der Waals surface area contributed by atoms with E-state index in [-0.39, 0.29) is 11.7 Å². The number of fused-ring (bicyclic) bond motifs is 2. The van der Waals surface area contributed by atoms with E-state index in [9.17, 15) is 4.79 Å². The third kappa shape index (κ3) is 4.09. The van der Waals surface area contributed by atoms with Crippen LogP contribution in [0.3, 0.4) is 0 Å². The Labute approximate surface area is 207 Å². The molecule has 0 aliphatic heterocycles. The molecule has 0 bridgehead atoms. The number of hydrogen-bond donors (Lipinski definition) is 0. The fraction of sp³-hybridized carbons (Fsp3) is 0.387. The zero-order valence-corrected chi connectivity index (χ0v) is 20.8. The Morgan fingerprint density at radius 3 is 2.63 bits per heavy atom. The summed E-state index contributed by atoms with van der Waals surface area (Å²) in [5, 5.41) is 4.51. The number of aromatic nitrogens is 3. The second-order valence-electron chi connectivity index (χ2n) is 10.6. The molecular formula is C31H33N3O. The first kappa shape index (κ1) is 22.2. The molecule has 3 aromatic heterocycles. The highest BCUT2D eigenvalue weighted by Crippen LogP contribution is 2.37. The number of rotatable bonds is 4. The number of hydrogen-bond acceptors (Lipinski definition) is 3. The molecule has 3 heterocycles. The van der Waals surface area contributed by atoms with Gasteiger partial charge in [0, 0.05) is 35.9 Å². The van der Waals surface area contributed by atoms with Gasteiger partial charge in [0.15, 0.2) is 5.78 Å². The van der Waals surface area contributed by atoms with Crippen LogP contribution in [0.25, 0.3) is 16.7 Å². The number of pyridine rings is 2. The van der Waals surface area contributed by atoms with E-state index >= 15 is 0 Å². The monoisotopic (exact) mass is 463 g/mol. The molecule has 0 aromatic carbocycles. The fourth-order valence-electron chi connectivity index (χ4n) is 6.11. The number of carbonyl (C=O) groups is 1. The largest absolute Gasteiger partial charge is 0.294 e. The summed E-state index contributed by atoms with van der Waals surface area (Å²) in [6.07, 6.45) is 21.5. The lowest BCUT2D eigenvalue weighted by Gasteiger charge is -2.18. The molecule has 178 valence electrons. The minimum absolute atomic E-state index is 0.134. The average Bonchev–Trinajstić information content (AvgIpc) is 3.37. The van der Waals surface area contributed by atoms with Crippen LogP contribution in [0.1, 0.15) is 91.5 Å². The summed E-state index contributed by atoms with van der Waals surface area (Å²) in [7, 11) is 0. The topological polar surface area (TPSA) is 47.3 Å². The summed E-state index contributed by atoms with van der Waals surface area (Å²) in [5.41, 5.74) is 10.2. The van der Waals surface area contributed by atoms with E-state index in [0.717, 1.165) is 60.9 Å². The summed E-state index contributed by atoms with van der Waals surface area (Å²) in [6, 6.07) is 6.57. The smallest absolute Gasteiger partial charge is 0.169 e. The number of nitrogens with zero attached hydrogens (tertiary/aromatic N) is 3. The first-order valence-electron chi connectivity index (χ1n) is 13.2. The van der Waals surface area contributed by atoms with Gasteiger partial charge in [0.1, 0.15) is 0 Å². The summed E-state index contributed by atoms with van der Waals surface area (Å²) in [4.78, 5) is 18.3. The zero-order valence-electron chi connectivity index (χ0n) is 20.8. The van der Waals surface area contributed by atoms with Gasteiger partial charge in [0.05, 0.1) is 23.0 Å². The molecule has 1 atom stereocenters. The number of carbonyl (C=O) groups excluding carboxylic acids is 1. The predicted molar refractivity (Wildman–Crippen MR) is 141 cm³/mol. The van der Waals surface area contributed by atoms with Crippen molar-refractivity contribution in [2.24, 2.45) is 11.8 Å². The van der Waals surface area contributed by atoms with E-state index in [2.05, 4.69) is 55.4 Å². The standard InChI is InChI=1S/C31H33N3O/c1-20-9-10-25(21(2)15-20)24-16-27-26(11-12-29(27)32-18-24)23-13-14-34-30(17-23)28(19-33-34)31(35)22-7-5-3-4-6-8-22/h10-11,13-20,22H,3-9,12H2,1-2H3. The van der Waals surface area contributed by atoms with Crippen molar-refractivity contribution in [1.29, 1.82) is 0 Å². The summed E-state index contributed by atoms with van der Waals surface area (Å²) in [6.45, 7) is 4.46. The van der Waals surface area contributed by atoms with Gasteiger partial charge in [0.2, 0.25) is 0 Å². The first-order chi connectivity index (χ1) is 17.1. The maximum absolute atomic E-state index is 13.4. The maximum atomic E-state index is 13.4. The first-order valence-corrected chi connectivity index (χ1v) is 13.2. The van der Waals surface area contributed by atoms with Gasteiger partial charge in [-0.05, 0) is 72.6 Å². The molecule has 0 radical (unpaired) electrons. The molecule has 0 spiro atoms. The molecule has 1 saturated carbocycles. The van der Waals surface area contributed by atoms with Crippen molar-refractivity contribution in [3.63, 3.8) is 0 Å². The van der Waals surface area contributed by atoms with Gasteiger partial charge in [-0.25, -0.2) is 4.52 Å². The van der Waals surface area contributed by atoms with Crippen molar-refractivity contribution in [2.45, 2.75) is 65.2 Å². The van der Waals surface area contributed by atoms with Gasteiger partial charge in [-0.1, -0.05) is 50.8 Å². The van der Waals surface area contributed by atoms with Crippen LogP contribution in [0.5, 0.6) is 0 Å².